The normalized spacial score (nSPS) is 23.7. The van der Waals surface area contributed by atoms with Gasteiger partial charge in [-0.1, -0.05) is 26.7 Å². The molecule has 0 unspecified atom stereocenters. The van der Waals surface area contributed by atoms with Crippen LogP contribution >= 0.6 is 0 Å². The van der Waals surface area contributed by atoms with E-state index in [0.717, 1.165) is 24.9 Å². The van der Waals surface area contributed by atoms with Crippen LogP contribution in [0.5, 0.6) is 0 Å². The molecule has 1 aromatic heterocycles. The molecule has 0 amide bonds. The SMILES string of the molecule is CCCC1CCC(NCc2cn(C)nc2CC)CC1. The summed E-state index contributed by atoms with van der Waals surface area (Å²) in [5.41, 5.74) is 2.62. The van der Waals surface area contributed by atoms with Crippen molar-refractivity contribution in [3.63, 3.8) is 0 Å². The Morgan fingerprint density at radius 2 is 2.00 bits per heavy atom. The molecule has 1 heterocycles. The molecule has 0 atom stereocenters. The molecular weight excluding hydrogens is 234 g/mol. The molecule has 1 aliphatic rings. The highest BCUT2D eigenvalue weighted by atomic mass is 15.3. The Morgan fingerprint density at radius 3 is 2.63 bits per heavy atom. The van der Waals surface area contributed by atoms with Gasteiger partial charge in [-0.2, -0.15) is 5.10 Å². The van der Waals surface area contributed by atoms with Gasteiger partial charge in [-0.25, -0.2) is 0 Å². The molecule has 0 radical (unpaired) electrons. The van der Waals surface area contributed by atoms with Gasteiger partial charge in [0.1, 0.15) is 0 Å². The average Bonchev–Trinajstić information content (AvgIpc) is 2.79. The molecule has 1 fully saturated rings. The van der Waals surface area contributed by atoms with Crippen LogP contribution in [0.4, 0.5) is 0 Å². The summed E-state index contributed by atoms with van der Waals surface area (Å²) in [6.45, 7) is 5.47. The molecular formula is C16H29N3. The maximum Gasteiger partial charge on any atom is 0.0666 e. The quantitative estimate of drug-likeness (QED) is 0.852. The molecule has 0 aliphatic heterocycles. The predicted octanol–water partition coefficient (Wildman–Crippen LogP) is 3.43. The minimum absolute atomic E-state index is 0.720. The third-order valence-electron chi connectivity index (χ3n) is 4.45. The fraction of sp³-hybridized carbons (Fsp3) is 0.812. The largest absolute Gasteiger partial charge is 0.310 e. The topological polar surface area (TPSA) is 29.9 Å². The lowest BCUT2D eigenvalue weighted by molar-refractivity contribution is 0.277. The number of rotatable bonds is 6. The zero-order valence-corrected chi connectivity index (χ0v) is 12.8. The highest BCUT2D eigenvalue weighted by Crippen LogP contribution is 2.27. The second-order valence-electron chi connectivity index (χ2n) is 6.02. The highest BCUT2D eigenvalue weighted by molar-refractivity contribution is 5.16. The van der Waals surface area contributed by atoms with Crippen LogP contribution in [-0.4, -0.2) is 15.8 Å². The summed E-state index contributed by atoms with van der Waals surface area (Å²) >= 11 is 0. The minimum Gasteiger partial charge on any atom is -0.310 e. The van der Waals surface area contributed by atoms with Crippen LogP contribution in [0.2, 0.25) is 0 Å². The van der Waals surface area contributed by atoms with Gasteiger partial charge in [0.25, 0.3) is 0 Å². The maximum absolute atomic E-state index is 4.51. The Balaban J connectivity index is 1.77. The second-order valence-corrected chi connectivity index (χ2v) is 6.02. The highest BCUT2D eigenvalue weighted by Gasteiger charge is 2.20. The predicted molar refractivity (Wildman–Crippen MR) is 80.1 cm³/mol. The monoisotopic (exact) mass is 263 g/mol. The van der Waals surface area contributed by atoms with Gasteiger partial charge < -0.3 is 5.32 Å². The summed E-state index contributed by atoms with van der Waals surface area (Å²) in [4.78, 5) is 0. The molecule has 108 valence electrons. The molecule has 0 bridgehead atoms. The van der Waals surface area contributed by atoms with Crippen molar-refractivity contribution in [3.05, 3.63) is 17.5 Å². The summed E-state index contributed by atoms with van der Waals surface area (Å²) in [6.07, 6.45) is 11.5. The van der Waals surface area contributed by atoms with E-state index in [0.29, 0.717) is 0 Å². The summed E-state index contributed by atoms with van der Waals surface area (Å²) in [6, 6.07) is 0.720. The zero-order valence-electron chi connectivity index (χ0n) is 12.8. The van der Waals surface area contributed by atoms with Crippen LogP contribution in [0, 0.1) is 5.92 Å². The number of nitrogens with one attached hydrogen (secondary N) is 1. The molecule has 2 rings (SSSR count). The van der Waals surface area contributed by atoms with Gasteiger partial charge in [0, 0.05) is 31.4 Å². The Morgan fingerprint density at radius 1 is 1.26 bits per heavy atom. The first-order valence-corrected chi connectivity index (χ1v) is 7.97. The van der Waals surface area contributed by atoms with Crippen molar-refractivity contribution in [2.24, 2.45) is 13.0 Å². The average molecular weight is 263 g/mol. The fourth-order valence-corrected chi connectivity index (χ4v) is 3.35. The van der Waals surface area contributed by atoms with Crippen LogP contribution < -0.4 is 5.32 Å². The molecule has 1 N–H and O–H groups in total. The van der Waals surface area contributed by atoms with Gasteiger partial charge in [-0.15, -0.1) is 0 Å². The van der Waals surface area contributed by atoms with E-state index in [9.17, 15) is 0 Å². The van der Waals surface area contributed by atoms with Crippen molar-refractivity contribution in [2.45, 2.75) is 71.4 Å². The molecule has 0 saturated heterocycles. The van der Waals surface area contributed by atoms with E-state index in [-0.39, 0.29) is 0 Å². The van der Waals surface area contributed by atoms with Crippen molar-refractivity contribution >= 4 is 0 Å². The summed E-state index contributed by atoms with van der Waals surface area (Å²) < 4.78 is 1.94. The van der Waals surface area contributed by atoms with Gasteiger partial charge in [-0.3, -0.25) is 4.68 Å². The maximum atomic E-state index is 4.51. The van der Waals surface area contributed by atoms with Crippen molar-refractivity contribution in [1.29, 1.82) is 0 Å². The van der Waals surface area contributed by atoms with Gasteiger partial charge in [0.15, 0.2) is 0 Å². The van der Waals surface area contributed by atoms with Crippen molar-refractivity contribution in [1.82, 2.24) is 15.1 Å². The van der Waals surface area contributed by atoms with Crippen molar-refractivity contribution in [3.8, 4) is 0 Å². The Kier molecular flexibility index (Phi) is 5.44. The van der Waals surface area contributed by atoms with E-state index in [1.807, 2.05) is 11.7 Å². The Hall–Kier alpha value is -0.830. The zero-order chi connectivity index (χ0) is 13.7. The van der Waals surface area contributed by atoms with Gasteiger partial charge in [0.05, 0.1) is 5.69 Å². The molecule has 1 aliphatic carbocycles. The number of aromatic nitrogens is 2. The molecule has 0 spiro atoms. The molecule has 19 heavy (non-hydrogen) atoms. The van der Waals surface area contributed by atoms with Gasteiger partial charge in [-0.05, 0) is 38.0 Å². The van der Waals surface area contributed by atoms with Crippen molar-refractivity contribution < 1.29 is 0 Å². The number of hydrogen-bond acceptors (Lipinski definition) is 2. The number of aryl methyl sites for hydroxylation is 2. The molecule has 1 saturated carbocycles. The molecule has 3 heteroatoms. The smallest absolute Gasteiger partial charge is 0.0666 e. The van der Waals surface area contributed by atoms with Crippen LogP contribution in [0.25, 0.3) is 0 Å². The number of nitrogens with zero attached hydrogens (tertiary/aromatic N) is 2. The first kappa shape index (κ1) is 14.6. The van der Waals surface area contributed by atoms with E-state index < -0.39 is 0 Å². The van der Waals surface area contributed by atoms with Crippen LogP contribution in [0.15, 0.2) is 6.20 Å². The van der Waals surface area contributed by atoms with E-state index in [2.05, 4.69) is 30.5 Å². The van der Waals surface area contributed by atoms with E-state index in [1.165, 1.54) is 49.8 Å². The molecule has 0 aromatic carbocycles. The van der Waals surface area contributed by atoms with Gasteiger partial charge in [0.2, 0.25) is 0 Å². The molecule has 1 aromatic rings. The lowest BCUT2D eigenvalue weighted by Crippen LogP contribution is -2.32. The van der Waals surface area contributed by atoms with Crippen LogP contribution in [0.1, 0.15) is 63.6 Å². The third kappa shape index (κ3) is 4.07. The fourth-order valence-electron chi connectivity index (χ4n) is 3.35. The minimum atomic E-state index is 0.720. The first-order valence-electron chi connectivity index (χ1n) is 7.97. The van der Waals surface area contributed by atoms with E-state index >= 15 is 0 Å². The Bertz CT molecular complexity index is 375. The first-order chi connectivity index (χ1) is 9.22. The standard InChI is InChI=1S/C16H29N3/c1-4-6-13-7-9-15(10-8-13)17-11-14-12-19(3)18-16(14)5-2/h12-13,15,17H,4-11H2,1-3H3. The van der Waals surface area contributed by atoms with Crippen molar-refractivity contribution in [2.75, 3.05) is 0 Å². The molecule has 3 nitrogen and oxygen atoms in total. The summed E-state index contributed by atoms with van der Waals surface area (Å²) in [5, 5.41) is 8.24. The summed E-state index contributed by atoms with van der Waals surface area (Å²) in [7, 11) is 2.01. The van der Waals surface area contributed by atoms with E-state index in [1.54, 1.807) is 0 Å². The van der Waals surface area contributed by atoms with Crippen LogP contribution in [0.3, 0.4) is 0 Å². The lowest BCUT2D eigenvalue weighted by Gasteiger charge is -2.29. The Labute approximate surface area is 117 Å². The summed E-state index contributed by atoms with van der Waals surface area (Å²) in [5.74, 6) is 0.993. The van der Waals surface area contributed by atoms with Gasteiger partial charge >= 0.3 is 0 Å². The third-order valence-corrected chi connectivity index (χ3v) is 4.45. The lowest BCUT2D eigenvalue weighted by atomic mass is 9.83. The second kappa shape index (κ2) is 7.09. The number of hydrogen-bond donors (Lipinski definition) is 1. The van der Waals surface area contributed by atoms with E-state index in [4.69, 9.17) is 0 Å². The van der Waals surface area contributed by atoms with Crippen LogP contribution in [-0.2, 0) is 20.0 Å².